The molecule has 152 valence electrons. The van der Waals surface area contributed by atoms with Crippen molar-refractivity contribution in [2.24, 2.45) is 5.92 Å². The molecule has 1 amide bonds. The van der Waals surface area contributed by atoms with Crippen LogP contribution < -0.4 is 4.46 Å². The molecular formula is C22H29NO4Se. The molecule has 1 aliphatic heterocycles. The van der Waals surface area contributed by atoms with Crippen molar-refractivity contribution < 1.29 is 19.1 Å². The van der Waals surface area contributed by atoms with E-state index in [0.29, 0.717) is 12.8 Å². The molecule has 1 fully saturated rings. The second-order valence-electron chi connectivity index (χ2n) is 8.17. The first kappa shape index (κ1) is 21.1. The summed E-state index contributed by atoms with van der Waals surface area (Å²) in [6.45, 7) is 7.48. The number of hydrogen-bond donors (Lipinski definition) is 0. The Morgan fingerprint density at radius 1 is 1.21 bits per heavy atom. The topological polar surface area (TPSA) is 55.8 Å². The number of amides is 1. The third-order valence-corrected chi connectivity index (χ3v) is 8.10. The molecule has 1 saturated heterocycles. The standard InChI is InChI=1S/C22H29NO4Se/c1-6-17(24)15-12-13-16-19(28-14-10-8-7-9-11-14)18(15)20(26-5)23(16)21(25)27-22(2,3)4/h7-12,16,18-20H,6,13H2,1-5H3. The summed E-state index contributed by atoms with van der Waals surface area (Å²) < 4.78 is 12.8. The van der Waals surface area contributed by atoms with E-state index >= 15 is 0 Å². The first-order chi connectivity index (χ1) is 13.3. The number of rotatable bonds is 5. The van der Waals surface area contributed by atoms with E-state index in [2.05, 4.69) is 12.1 Å². The molecule has 5 nitrogen and oxygen atoms in total. The van der Waals surface area contributed by atoms with Gasteiger partial charge in [0.2, 0.25) is 0 Å². The van der Waals surface area contributed by atoms with Gasteiger partial charge in [0.1, 0.15) is 0 Å². The van der Waals surface area contributed by atoms with Crippen LogP contribution >= 0.6 is 0 Å². The van der Waals surface area contributed by atoms with Gasteiger partial charge in [-0.05, 0) is 0 Å². The number of benzene rings is 1. The van der Waals surface area contributed by atoms with E-state index in [1.807, 2.05) is 52.0 Å². The molecule has 0 radical (unpaired) electrons. The molecule has 6 heteroatoms. The fraction of sp³-hybridized carbons (Fsp3) is 0.545. The minimum atomic E-state index is -0.582. The van der Waals surface area contributed by atoms with Gasteiger partial charge in [-0.1, -0.05) is 0 Å². The quantitative estimate of drug-likeness (QED) is 0.646. The van der Waals surface area contributed by atoms with Crippen LogP contribution in [0.25, 0.3) is 0 Å². The first-order valence-electron chi connectivity index (χ1n) is 9.76. The number of ether oxygens (including phenoxy) is 2. The van der Waals surface area contributed by atoms with Gasteiger partial charge in [-0.2, -0.15) is 0 Å². The predicted octanol–water partition coefficient (Wildman–Crippen LogP) is 3.32. The zero-order valence-corrected chi connectivity index (χ0v) is 18.9. The maximum absolute atomic E-state index is 13.0. The van der Waals surface area contributed by atoms with Gasteiger partial charge in [0.25, 0.3) is 0 Å². The zero-order chi connectivity index (χ0) is 20.5. The summed E-state index contributed by atoms with van der Waals surface area (Å²) >= 11 is 0.109. The van der Waals surface area contributed by atoms with Crippen LogP contribution in [0.2, 0.25) is 4.82 Å². The fourth-order valence-corrected chi connectivity index (χ4v) is 7.06. The zero-order valence-electron chi connectivity index (χ0n) is 17.2. The van der Waals surface area contributed by atoms with Gasteiger partial charge in [0.15, 0.2) is 0 Å². The number of ketones is 1. The van der Waals surface area contributed by atoms with E-state index in [1.165, 1.54) is 4.46 Å². The molecule has 0 spiro atoms. The van der Waals surface area contributed by atoms with E-state index in [-0.39, 0.29) is 43.6 Å². The van der Waals surface area contributed by atoms with Crippen LogP contribution in [0.4, 0.5) is 4.79 Å². The van der Waals surface area contributed by atoms with Crippen molar-refractivity contribution in [3.63, 3.8) is 0 Å². The minimum absolute atomic E-state index is 0.0154. The number of hydrogen-bond acceptors (Lipinski definition) is 4. The van der Waals surface area contributed by atoms with Crippen molar-refractivity contribution in [2.75, 3.05) is 7.11 Å². The average Bonchev–Trinajstić information content (AvgIpc) is 2.83. The van der Waals surface area contributed by atoms with Gasteiger partial charge in [0, 0.05) is 0 Å². The molecule has 0 aromatic heterocycles. The summed E-state index contributed by atoms with van der Waals surface area (Å²) in [6, 6.07) is 10.3. The Morgan fingerprint density at radius 3 is 2.46 bits per heavy atom. The number of nitrogens with zero attached hydrogens (tertiary/aromatic N) is 1. The third-order valence-electron chi connectivity index (χ3n) is 5.11. The van der Waals surface area contributed by atoms with Crippen LogP contribution in [0.5, 0.6) is 0 Å². The van der Waals surface area contributed by atoms with E-state index < -0.39 is 11.8 Å². The van der Waals surface area contributed by atoms with Crippen molar-refractivity contribution >= 4 is 31.3 Å². The van der Waals surface area contributed by atoms with Crippen molar-refractivity contribution in [1.82, 2.24) is 4.90 Å². The molecule has 2 bridgehead atoms. The number of carbonyl (C=O) groups excluding carboxylic acids is 2. The Kier molecular flexibility index (Phi) is 6.33. The fourth-order valence-electron chi connectivity index (χ4n) is 4.01. The third kappa shape index (κ3) is 4.19. The van der Waals surface area contributed by atoms with Crippen LogP contribution in [0, 0.1) is 5.92 Å². The second-order valence-corrected chi connectivity index (χ2v) is 10.8. The summed E-state index contributed by atoms with van der Waals surface area (Å²) in [5.41, 5.74) is 0.237. The molecule has 4 unspecified atom stereocenters. The number of fused-ring (bicyclic) bond motifs is 2. The van der Waals surface area contributed by atoms with Gasteiger partial charge in [0.05, 0.1) is 0 Å². The Balaban J connectivity index is 1.97. The molecule has 4 atom stereocenters. The number of Topliss-reactive ketones (excluding diaryl/α,β-unsaturated/α-hetero) is 1. The Bertz CT molecular complexity index is 756. The normalized spacial score (nSPS) is 26.8. The van der Waals surface area contributed by atoms with Crippen molar-refractivity contribution in [2.45, 2.75) is 63.2 Å². The van der Waals surface area contributed by atoms with Gasteiger partial charge in [-0.15, -0.1) is 0 Å². The van der Waals surface area contributed by atoms with Crippen LogP contribution in [-0.4, -0.2) is 56.7 Å². The van der Waals surface area contributed by atoms with Gasteiger partial charge in [-0.3, -0.25) is 0 Å². The molecule has 0 saturated carbocycles. The molecular weight excluding hydrogens is 421 g/mol. The Morgan fingerprint density at radius 2 is 1.89 bits per heavy atom. The average molecular weight is 450 g/mol. The number of likely N-dealkylation sites (tertiary alicyclic amines) is 1. The number of carbonyl (C=O) groups is 2. The Hall–Kier alpha value is -1.62. The molecule has 2 aliphatic rings. The molecule has 1 aromatic rings. The molecule has 0 N–H and O–H groups in total. The predicted molar refractivity (Wildman–Crippen MR) is 110 cm³/mol. The van der Waals surface area contributed by atoms with Crippen LogP contribution in [-0.2, 0) is 14.3 Å². The van der Waals surface area contributed by atoms with E-state index in [4.69, 9.17) is 9.47 Å². The van der Waals surface area contributed by atoms with E-state index in [0.717, 1.165) is 5.57 Å². The summed E-state index contributed by atoms with van der Waals surface area (Å²) in [6.07, 6.45) is 2.31. The summed E-state index contributed by atoms with van der Waals surface area (Å²) in [7, 11) is 1.61. The number of methoxy groups -OCH3 is 1. The second kappa shape index (κ2) is 8.40. The monoisotopic (exact) mass is 451 g/mol. The van der Waals surface area contributed by atoms with Gasteiger partial charge < -0.3 is 0 Å². The van der Waals surface area contributed by atoms with E-state index in [9.17, 15) is 9.59 Å². The van der Waals surface area contributed by atoms with Crippen LogP contribution in [0.3, 0.4) is 0 Å². The molecule has 28 heavy (non-hydrogen) atoms. The SMILES string of the molecule is CCC(=O)C1=CCC2C([Se]c3ccccc3)C1C(OC)N2C(=O)OC(C)(C)C. The molecule has 1 aliphatic carbocycles. The first-order valence-corrected chi connectivity index (χ1v) is 11.6. The van der Waals surface area contributed by atoms with Crippen LogP contribution in [0.1, 0.15) is 40.5 Å². The van der Waals surface area contributed by atoms with Crippen molar-refractivity contribution in [3.05, 3.63) is 42.0 Å². The van der Waals surface area contributed by atoms with Gasteiger partial charge in [-0.25, -0.2) is 0 Å². The van der Waals surface area contributed by atoms with E-state index in [1.54, 1.807) is 12.0 Å². The van der Waals surface area contributed by atoms with Gasteiger partial charge >= 0.3 is 173 Å². The summed E-state index contributed by atoms with van der Waals surface area (Å²) in [4.78, 5) is 27.6. The maximum atomic E-state index is 13.0. The molecule has 1 aromatic carbocycles. The van der Waals surface area contributed by atoms with Crippen LogP contribution in [0.15, 0.2) is 42.0 Å². The Labute approximate surface area is 173 Å². The summed E-state index contributed by atoms with van der Waals surface area (Å²) in [5, 5.41) is 0. The van der Waals surface area contributed by atoms with Crippen molar-refractivity contribution in [3.8, 4) is 0 Å². The summed E-state index contributed by atoms with van der Waals surface area (Å²) in [5.74, 6) is 0.0364. The molecule has 1 heterocycles. The van der Waals surface area contributed by atoms with Crippen molar-refractivity contribution in [1.29, 1.82) is 0 Å². The molecule has 3 rings (SSSR count).